The first-order chi connectivity index (χ1) is 21.3. The van der Waals surface area contributed by atoms with Gasteiger partial charge in [0.2, 0.25) is 0 Å². The van der Waals surface area contributed by atoms with Gasteiger partial charge in [-0.2, -0.15) is 0 Å². The average molecular weight is 624 g/mol. The van der Waals surface area contributed by atoms with Crippen LogP contribution in [0.1, 0.15) is 5.56 Å². The molecule has 0 aliphatic heterocycles. The van der Waals surface area contributed by atoms with Gasteiger partial charge in [0.05, 0.1) is 0 Å². The molecule has 0 saturated heterocycles. The van der Waals surface area contributed by atoms with Crippen molar-refractivity contribution < 1.29 is 14.2 Å². The number of hydrogen-bond donors (Lipinski definition) is 1. The van der Waals surface area contributed by atoms with Crippen LogP contribution < -0.4 is 30.9 Å². The summed E-state index contributed by atoms with van der Waals surface area (Å²) in [7, 11) is -2.12. The number of ether oxygens (including phenoxy) is 3. The summed E-state index contributed by atoms with van der Waals surface area (Å²) >= 11 is 0. The number of H-pyrrole nitrogens is 1. The minimum atomic E-state index is -2.58. The molecule has 0 amide bonds. The Kier molecular flexibility index (Phi) is 10.2. The summed E-state index contributed by atoms with van der Waals surface area (Å²) < 4.78 is 17.3. The van der Waals surface area contributed by atoms with E-state index in [2.05, 4.69) is 122 Å². The quantitative estimate of drug-likeness (QED) is 0.0666. The Morgan fingerprint density at radius 2 is 1.27 bits per heavy atom. The summed E-state index contributed by atoms with van der Waals surface area (Å²) in [6.45, 7) is 7.82. The Bertz CT molecular complexity index is 1610. The Balaban J connectivity index is 1.50. The molecule has 0 radical (unpaired) electrons. The summed E-state index contributed by atoms with van der Waals surface area (Å²) in [5, 5.41) is 3.90. The van der Waals surface area contributed by atoms with E-state index < -0.39 is 15.3 Å². The molecule has 4 aromatic carbocycles. The van der Waals surface area contributed by atoms with Gasteiger partial charge in [-0.15, -0.1) is 0 Å². The van der Waals surface area contributed by atoms with Crippen molar-refractivity contribution in [2.45, 2.75) is 31.8 Å². The van der Waals surface area contributed by atoms with E-state index in [-0.39, 0.29) is 12.4 Å². The van der Waals surface area contributed by atoms with Gasteiger partial charge in [0.1, 0.15) is 0 Å². The molecule has 1 heterocycles. The monoisotopic (exact) mass is 623 g/mol. The topological polar surface area (TPSA) is 60.6 Å². The first kappa shape index (κ1) is 31.5. The van der Waals surface area contributed by atoms with Gasteiger partial charge in [-0.1, -0.05) is 19.6 Å². The Labute approximate surface area is 262 Å². The molecule has 5 aromatic rings. The molecule has 1 aromatic heterocycles. The van der Waals surface area contributed by atoms with Crippen molar-refractivity contribution in [2.75, 3.05) is 20.5 Å². The maximum absolute atomic E-state index is 13.2. The zero-order chi connectivity index (χ0) is 31.0. The van der Waals surface area contributed by atoms with Crippen LogP contribution in [0, 0.1) is 0 Å². The second kappa shape index (κ2) is 14.2. The van der Waals surface area contributed by atoms with Crippen molar-refractivity contribution in [3.05, 3.63) is 137 Å². The fourth-order valence-electron chi connectivity index (χ4n) is 5.64. The molecule has 1 N–H and O–H groups in total. The molecule has 228 valence electrons. The Hall–Kier alpha value is -3.96. The van der Waals surface area contributed by atoms with E-state index in [1.54, 1.807) is 13.2 Å². The molecule has 0 bridgehead atoms. The minimum Gasteiger partial charge on any atom is -0.0695 e. The van der Waals surface area contributed by atoms with Gasteiger partial charge in [0.15, 0.2) is 0 Å². The molecular formula is C37H42NO4PSi. The van der Waals surface area contributed by atoms with Crippen LogP contribution in [0.2, 0.25) is 25.7 Å². The van der Waals surface area contributed by atoms with Crippen LogP contribution in [0.3, 0.4) is 0 Å². The molecule has 0 saturated carbocycles. The Morgan fingerprint density at radius 1 is 0.705 bits per heavy atom. The summed E-state index contributed by atoms with van der Waals surface area (Å²) in [5.74, 6) is 1.19. The van der Waals surface area contributed by atoms with Gasteiger partial charge in [0.25, 0.3) is 0 Å². The van der Waals surface area contributed by atoms with Gasteiger partial charge in [0, 0.05) is 8.07 Å². The molecule has 7 heteroatoms. The van der Waals surface area contributed by atoms with Gasteiger partial charge in [-0.05, 0) is 6.04 Å². The first-order valence-electron chi connectivity index (χ1n) is 15.1. The van der Waals surface area contributed by atoms with E-state index in [0.29, 0.717) is 18.1 Å². The van der Waals surface area contributed by atoms with Crippen molar-refractivity contribution >= 4 is 31.2 Å². The molecule has 0 unspecified atom stereocenters. The number of pyridine rings is 1. The number of methoxy groups -OCH3 is 1. The third-order valence-electron chi connectivity index (χ3n) is 7.94. The molecule has 0 fully saturated rings. The zero-order valence-corrected chi connectivity index (χ0v) is 28.0. The van der Waals surface area contributed by atoms with Gasteiger partial charge < -0.3 is 0 Å². The molecular weight excluding hydrogens is 581 g/mol. The van der Waals surface area contributed by atoms with Gasteiger partial charge in [-0.25, -0.2) is 0 Å². The van der Waals surface area contributed by atoms with Gasteiger partial charge in [-0.3, -0.25) is 0 Å². The van der Waals surface area contributed by atoms with Crippen molar-refractivity contribution in [2.24, 2.45) is 0 Å². The van der Waals surface area contributed by atoms with Crippen LogP contribution in [0.15, 0.2) is 126 Å². The predicted molar refractivity (Wildman–Crippen MR) is 189 cm³/mol. The fraction of sp³-hybridized carbons (Fsp3) is 0.216. The van der Waals surface area contributed by atoms with E-state index >= 15 is 0 Å². The van der Waals surface area contributed by atoms with Crippen LogP contribution >= 0.6 is 7.26 Å². The summed E-state index contributed by atoms with van der Waals surface area (Å²) in [6.07, 6.45) is 0.731. The second-order valence-electron chi connectivity index (χ2n) is 12.3. The summed E-state index contributed by atoms with van der Waals surface area (Å²) in [6, 6.07) is 42.9. The zero-order valence-electron chi connectivity index (χ0n) is 26.0. The third kappa shape index (κ3) is 7.57. The van der Waals surface area contributed by atoms with Gasteiger partial charge >= 0.3 is 229 Å². The predicted octanol–water partition coefficient (Wildman–Crippen LogP) is 6.97. The smallest absolute Gasteiger partial charge is 0.0695 e. The van der Waals surface area contributed by atoms with E-state index in [1.807, 2.05) is 18.2 Å². The Morgan fingerprint density at radius 3 is 1.80 bits per heavy atom. The van der Waals surface area contributed by atoms with E-state index in [0.717, 1.165) is 29.0 Å². The SMILES string of the molecule is COc1cc(-c2cc(C[PH](c3ccccc3)(c3ccccc3)c3ccccc3)cc(=O)[nH]2)ccc1OCOCC[Si](C)(C)C. The van der Waals surface area contributed by atoms with Crippen LogP contribution in [-0.2, 0) is 10.9 Å². The van der Waals surface area contributed by atoms with Crippen LogP contribution in [0.4, 0.5) is 0 Å². The number of benzene rings is 4. The van der Waals surface area contributed by atoms with E-state index in [9.17, 15) is 4.79 Å². The average Bonchev–Trinajstić information content (AvgIpc) is 3.04. The second-order valence-corrected chi connectivity index (χ2v) is 21.8. The molecule has 0 atom stereocenters. The van der Waals surface area contributed by atoms with E-state index in [4.69, 9.17) is 14.2 Å². The van der Waals surface area contributed by atoms with Crippen molar-refractivity contribution in [1.29, 1.82) is 0 Å². The van der Waals surface area contributed by atoms with Crippen LogP contribution in [-0.4, -0.2) is 33.6 Å². The summed E-state index contributed by atoms with van der Waals surface area (Å²) in [5.41, 5.74) is 2.44. The molecule has 5 rings (SSSR count). The van der Waals surface area contributed by atoms with Crippen LogP contribution in [0.25, 0.3) is 11.3 Å². The standard InChI is InChI=1S/C37H42NO4PSi/c1-40-36-26-30(20-21-35(36)42-28-41-22-23-44(2,3)4)34-24-29(25-37(39)38-34)27-43(31-14-8-5-9-15-31,32-16-10-6-11-17-32)33-18-12-7-13-19-33/h5-21,24-26,43H,22-23,27-28H2,1-4H3,(H,38,39). The number of rotatable bonds is 13. The van der Waals surface area contributed by atoms with Crippen molar-refractivity contribution in [1.82, 2.24) is 4.98 Å². The molecule has 0 spiro atoms. The molecule has 0 aliphatic rings. The number of aromatic amines is 1. The van der Waals surface area contributed by atoms with E-state index in [1.165, 1.54) is 15.9 Å². The molecule has 5 nitrogen and oxygen atoms in total. The normalized spacial score (nSPS) is 12.1. The van der Waals surface area contributed by atoms with Crippen molar-refractivity contribution in [3.8, 4) is 22.8 Å². The first-order valence-corrected chi connectivity index (χ1v) is 21.0. The number of aromatic nitrogens is 1. The molecule has 44 heavy (non-hydrogen) atoms. The minimum absolute atomic E-state index is 0.135. The fourth-order valence-corrected chi connectivity index (χ4v) is 11.1. The van der Waals surface area contributed by atoms with Crippen molar-refractivity contribution in [3.63, 3.8) is 0 Å². The van der Waals surface area contributed by atoms with Crippen LogP contribution in [0.5, 0.6) is 11.5 Å². The maximum atomic E-state index is 13.2. The third-order valence-corrected chi connectivity index (χ3v) is 14.5. The number of nitrogens with one attached hydrogen (secondary N) is 1. The number of hydrogen-bond acceptors (Lipinski definition) is 4. The molecule has 0 aliphatic carbocycles. The summed E-state index contributed by atoms with van der Waals surface area (Å²) in [4.78, 5) is 16.2.